The van der Waals surface area contributed by atoms with Gasteiger partial charge in [0.05, 0.1) is 7.11 Å². The molecule has 0 aromatic heterocycles. The number of carbonyl (C=O) groups is 1. The van der Waals surface area contributed by atoms with Crippen molar-refractivity contribution in [3.05, 3.63) is 59.2 Å². The van der Waals surface area contributed by atoms with Crippen molar-refractivity contribution in [2.24, 2.45) is 0 Å². The number of nitrogens with one attached hydrogen (secondary N) is 1. The number of para-hydroxylation sites is 1. The van der Waals surface area contributed by atoms with Crippen LogP contribution in [0.5, 0.6) is 5.75 Å². The molecule has 2 aromatic carbocycles. The molecule has 0 saturated heterocycles. The molecule has 27 heavy (non-hydrogen) atoms. The molecule has 2 aromatic rings. The average Bonchev–Trinajstić information content (AvgIpc) is 3.07. The summed E-state index contributed by atoms with van der Waals surface area (Å²) < 4.78 is 5.37. The number of carbonyl (C=O) groups excluding carboxylic acids is 1. The third-order valence-corrected chi connectivity index (χ3v) is 5.30. The van der Waals surface area contributed by atoms with Gasteiger partial charge in [-0.15, -0.1) is 0 Å². The molecule has 1 aliphatic rings. The van der Waals surface area contributed by atoms with Gasteiger partial charge in [-0.2, -0.15) is 0 Å². The van der Waals surface area contributed by atoms with Gasteiger partial charge in [-0.05, 0) is 74.2 Å². The lowest BCUT2D eigenvalue weighted by molar-refractivity contribution is 0.0979. The summed E-state index contributed by atoms with van der Waals surface area (Å²) in [6, 6.07) is 14.3. The first kappa shape index (κ1) is 19.4. The van der Waals surface area contributed by atoms with Crippen LogP contribution in [0.15, 0.2) is 42.5 Å². The minimum Gasteiger partial charge on any atom is -0.496 e. The molecule has 0 radical (unpaired) electrons. The van der Waals surface area contributed by atoms with E-state index >= 15 is 0 Å². The smallest absolute Gasteiger partial charge is 0.162 e. The number of fused-ring (bicyclic) bond motifs is 1. The van der Waals surface area contributed by atoms with Crippen molar-refractivity contribution >= 4 is 11.5 Å². The molecule has 3 rings (SSSR count). The standard InChI is InChI=1S/C23H30N2O2/c1-25-16-13-19-17-20(10-11-21(19)25)22(26)8-5-6-14-24-15-12-18-7-3-4-9-23(18)27-2/h3-4,7,9-11,17,24H,5-6,8,12-16H2,1-2H3. The Balaban J connectivity index is 1.33. The highest BCUT2D eigenvalue weighted by Gasteiger charge is 2.17. The SMILES string of the molecule is COc1ccccc1CCNCCCCC(=O)c1ccc2c(c1)CCN2C. The lowest BCUT2D eigenvalue weighted by Gasteiger charge is -2.12. The number of Topliss-reactive ketones (excluding diaryl/α,β-unsaturated/α-hetero) is 1. The number of methoxy groups -OCH3 is 1. The highest BCUT2D eigenvalue weighted by Crippen LogP contribution is 2.27. The van der Waals surface area contributed by atoms with Crippen molar-refractivity contribution in [3.8, 4) is 5.75 Å². The molecular formula is C23H30N2O2. The van der Waals surface area contributed by atoms with E-state index < -0.39 is 0 Å². The molecule has 144 valence electrons. The van der Waals surface area contributed by atoms with Crippen LogP contribution >= 0.6 is 0 Å². The van der Waals surface area contributed by atoms with E-state index in [-0.39, 0.29) is 5.78 Å². The predicted octanol–water partition coefficient (Wildman–Crippen LogP) is 3.87. The number of unbranched alkanes of at least 4 members (excludes halogenated alkanes) is 1. The van der Waals surface area contributed by atoms with Gasteiger partial charge >= 0.3 is 0 Å². The van der Waals surface area contributed by atoms with Crippen LogP contribution in [0.2, 0.25) is 0 Å². The van der Waals surface area contributed by atoms with Crippen molar-refractivity contribution in [3.63, 3.8) is 0 Å². The number of hydrogen-bond acceptors (Lipinski definition) is 4. The summed E-state index contributed by atoms with van der Waals surface area (Å²) in [7, 11) is 3.82. The molecule has 0 atom stereocenters. The second-order valence-corrected chi connectivity index (χ2v) is 7.21. The highest BCUT2D eigenvalue weighted by atomic mass is 16.5. The molecular weight excluding hydrogens is 336 g/mol. The van der Waals surface area contributed by atoms with Crippen LogP contribution < -0.4 is 15.0 Å². The van der Waals surface area contributed by atoms with Gasteiger partial charge in [0.15, 0.2) is 5.78 Å². The van der Waals surface area contributed by atoms with Gasteiger partial charge in [0, 0.05) is 31.3 Å². The minimum absolute atomic E-state index is 0.265. The van der Waals surface area contributed by atoms with E-state index in [0.717, 1.165) is 56.6 Å². The van der Waals surface area contributed by atoms with Crippen LogP contribution in [0.4, 0.5) is 5.69 Å². The maximum Gasteiger partial charge on any atom is 0.162 e. The van der Waals surface area contributed by atoms with Crippen LogP contribution in [-0.4, -0.2) is 39.6 Å². The molecule has 4 nitrogen and oxygen atoms in total. The van der Waals surface area contributed by atoms with Gasteiger partial charge < -0.3 is 15.0 Å². The molecule has 0 amide bonds. The normalized spacial score (nSPS) is 12.9. The van der Waals surface area contributed by atoms with Crippen molar-refractivity contribution in [1.29, 1.82) is 0 Å². The number of rotatable bonds is 10. The first-order valence-corrected chi connectivity index (χ1v) is 9.89. The molecule has 0 fully saturated rings. The second-order valence-electron chi connectivity index (χ2n) is 7.21. The zero-order valence-corrected chi connectivity index (χ0v) is 16.5. The zero-order chi connectivity index (χ0) is 19.1. The summed E-state index contributed by atoms with van der Waals surface area (Å²) in [5, 5.41) is 3.47. The van der Waals surface area contributed by atoms with Crippen molar-refractivity contribution in [2.75, 3.05) is 38.7 Å². The number of likely N-dealkylation sites (N-methyl/N-ethyl adjacent to an activating group) is 1. The maximum atomic E-state index is 12.4. The third-order valence-electron chi connectivity index (χ3n) is 5.30. The van der Waals surface area contributed by atoms with E-state index in [2.05, 4.69) is 35.5 Å². The fourth-order valence-electron chi connectivity index (χ4n) is 3.68. The number of hydrogen-bond donors (Lipinski definition) is 1. The van der Waals surface area contributed by atoms with Gasteiger partial charge in [0.25, 0.3) is 0 Å². The summed E-state index contributed by atoms with van der Waals surface area (Å²) in [4.78, 5) is 14.7. The Morgan fingerprint density at radius 1 is 1.15 bits per heavy atom. The first-order chi connectivity index (χ1) is 13.2. The fourth-order valence-corrected chi connectivity index (χ4v) is 3.68. The Morgan fingerprint density at radius 3 is 2.85 bits per heavy atom. The highest BCUT2D eigenvalue weighted by molar-refractivity contribution is 5.96. The van der Waals surface area contributed by atoms with Crippen LogP contribution in [-0.2, 0) is 12.8 Å². The number of nitrogens with zero attached hydrogens (tertiary/aromatic N) is 1. The Morgan fingerprint density at radius 2 is 2.00 bits per heavy atom. The van der Waals surface area contributed by atoms with Gasteiger partial charge in [0.1, 0.15) is 5.75 Å². The van der Waals surface area contributed by atoms with E-state index in [9.17, 15) is 4.79 Å². The summed E-state index contributed by atoms with van der Waals surface area (Å²) in [6.45, 7) is 2.91. The second kappa shape index (κ2) is 9.56. The molecule has 0 aliphatic carbocycles. The van der Waals surface area contributed by atoms with Crippen LogP contribution in [0.3, 0.4) is 0 Å². The van der Waals surface area contributed by atoms with E-state index in [1.54, 1.807) is 7.11 Å². The first-order valence-electron chi connectivity index (χ1n) is 9.89. The Kier molecular flexibility index (Phi) is 6.88. The third kappa shape index (κ3) is 5.10. The zero-order valence-electron chi connectivity index (χ0n) is 16.5. The van der Waals surface area contributed by atoms with E-state index in [4.69, 9.17) is 4.74 Å². The van der Waals surface area contributed by atoms with Crippen LogP contribution in [0.1, 0.15) is 40.7 Å². The van der Waals surface area contributed by atoms with E-state index in [1.807, 2.05) is 24.3 Å². The molecule has 1 N–H and O–H groups in total. The topological polar surface area (TPSA) is 41.6 Å². The Bertz CT molecular complexity index is 773. The molecule has 0 unspecified atom stereocenters. The van der Waals surface area contributed by atoms with E-state index in [1.165, 1.54) is 16.8 Å². The lowest BCUT2D eigenvalue weighted by atomic mass is 10.0. The molecule has 1 heterocycles. The summed E-state index contributed by atoms with van der Waals surface area (Å²) in [6.07, 6.45) is 4.57. The quantitative estimate of drug-likeness (QED) is 0.512. The molecule has 1 aliphatic heterocycles. The maximum absolute atomic E-state index is 12.4. The van der Waals surface area contributed by atoms with Crippen molar-refractivity contribution < 1.29 is 9.53 Å². The molecule has 0 saturated carbocycles. The lowest BCUT2D eigenvalue weighted by Crippen LogP contribution is -2.19. The van der Waals surface area contributed by atoms with Crippen LogP contribution in [0, 0.1) is 0 Å². The fraction of sp³-hybridized carbons (Fsp3) is 0.435. The monoisotopic (exact) mass is 366 g/mol. The van der Waals surface area contributed by atoms with Crippen LogP contribution in [0.25, 0.3) is 0 Å². The molecule has 4 heteroatoms. The number of ether oxygens (including phenoxy) is 1. The number of benzene rings is 2. The van der Waals surface area contributed by atoms with Gasteiger partial charge in [0.2, 0.25) is 0 Å². The number of ketones is 1. The van der Waals surface area contributed by atoms with Crippen molar-refractivity contribution in [1.82, 2.24) is 5.32 Å². The molecule has 0 bridgehead atoms. The Hall–Kier alpha value is -2.33. The minimum atomic E-state index is 0.265. The van der Waals surface area contributed by atoms with Gasteiger partial charge in [-0.25, -0.2) is 0 Å². The van der Waals surface area contributed by atoms with Crippen molar-refractivity contribution in [2.45, 2.75) is 32.1 Å². The van der Waals surface area contributed by atoms with Gasteiger partial charge in [-0.3, -0.25) is 4.79 Å². The van der Waals surface area contributed by atoms with E-state index in [0.29, 0.717) is 6.42 Å². The molecule has 0 spiro atoms. The summed E-state index contributed by atoms with van der Waals surface area (Å²) in [5.74, 6) is 1.21. The average molecular weight is 367 g/mol. The predicted molar refractivity (Wildman–Crippen MR) is 111 cm³/mol. The Labute approximate surface area is 162 Å². The summed E-state index contributed by atoms with van der Waals surface area (Å²) >= 11 is 0. The summed E-state index contributed by atoms with van der Waals surface area (Å²) in [5.41, 5.74) is 4.67. The largest absolute Gasteiger partial charge is 0.496 e. The van der Waals surface area contributed by atoms with Gasteiger partial charge in [-0.1, -0.05) is 18.2 Å². The number of anilines is 1.